The number of nitrogens with two attached hydrogens (primary N) is 1. The van der Waals surface area contributed by atoms with E-state index in [4.69, 9.17) is 31.2 Å². The van der Waals surface area contributed by atoms with Gasteiger partial charge in [-0.1, -0.05) is 11.6 Å². The van der Waals surface area contributed by atoms with E-state index in [1.54, 1.807) is 12.1 Å². The molecule has 0 unspecified atom stereocenters. The van der Waals surface area contributed by atoms with Gasteiger partial charge in [0.15, 0.2) is 0 Å². The van der Waals surface area contributed by atoms with Gasteiger partial charge in [-0.15, -0.1) is 0 Å². The number of pyridine rings is 1. The average molecular weight is 488 g/mol. The Kier molecular flexibility index (Phi) is 5.05. The number of likely N-dealkylation sites (tertiary alicyclic amines) is 1. The fraction of sp³-hybridized carbons (Fsp3) is 0.174. The van der Waals surface area contributed by atoms with Gasteiger partial charge in [0.25, 0.3) is 17.7 Å². The zero-order valence-corrected chi connectivity index (χ0v) is 18.4. The van der Waals surface area contributed by atoms with E-state index >= 15 is 0 Å². The van der Waals surface area contributed by atoms with Gasteiger partial charge in [0.1, 0.15) is 29.1 Å². The second-order valence-electron chi connectivity index (χ2n) is 7.79. The summed E-state index contributed by atoms with van der Waals surface area (Å²) in [6.45, 7) is -1.28. The third-order valence-electron chi connectivity index (χ3n) is 5.50. The number of carbonyl (C=O) groups excluding carboxylic acids is 2. The molecule has 4 aromatic rings. The molecule has 5 rings (SSSR count). The fourth-order valence-corrected chi connectivity index (χ4v) is 4.02. The molecule has 1 aliphatic rings. The van der Waals surface area contributed by atoms with Crippen LogP contribution in [0.15, 0.2) is 47.2 Å². The molecule has 2 amide bonds. The number of furan rings is 1. The van der Waals surface area contributed by atoms with Gasteiger partial charge in [-0.05, 0) is 18.2 Å². The number of ether oxygens (including phenoxy) is 2. The smallest absolute Gasteiger partial charge is 0.282 e. The quantitative estimate of drug-likeness (QED) is 0.440. The SMILES string of the molecule is COc1cc2nccc(Oc3cc4occ(C(=O)N5CC(F)(F)C5)c4cc3Cl)c2cc1C(N)=O. The zero-order valence-electron chi connectivity index (χ0n) is 17.6. The summed E-state index contributed by atoms with van der Waals surface area (Å²) in [5, 5.41) is 1.02. The molecule has 34 heavy (non-hydrogen) atoms. The summed E-state index contributed by atoms with van der Waals surface area (Å²) in [4.78, 5) is 29.7. The maximum Gasteiger partial charge on any atom is 0.282 e. The molecule has 1 saturated heterocycles. The third-order valence-corrected chi connectivity index (χ3v) is 5.79. The molecule has 2 N–H and O–H groups in total. The first kappa shape index (κ1) is 21.9. The van der Waals surface area contributed by atoms with Gasteiger partial charge < -0.3 is 24.5 Å². The van der Waals surface area contributed by atoms with Crippen molar-refractivity contribution in [3.8, 4) is 17.2 Å². The van der Waals surface area contributed by atoms with E-state index < -0.39 is 30.8 Å². The van der Waals surface area contributed by atoms with Crippen molar-refractivity contribution in [1.82, 2.24) is 9.88 Å². The summed E-state index contributed by atoms with van der Waals surface area (Å²) in [7, 11) is 1.42. The summed E-state index contributed by atoms with van der Waals surface area (Å²) < 4.78 is 43.0. The number of methoxy groups -OCH3 is 1. The van der Waals surface area contributed by atoms with E-state index in [0.717, 1.165) is 4.90 Å². The van der Waals surface area contributed by atoms with Crippen molar-refractivity contribution in [3.63, 3.8) is 0 Å². The van der Waals surface area contributed by atoms with Crippen molar-refractivity contribution in [3.05, 3.63) is 58.9 Å². The Labute approximate surface area is 195 Å². The van der Waals surface area contributed by atoms with Crippen molar-refractivity contribution in [1.29, 1.82) is 0 Å². The van der Waals surface area contributed by atoms with E-state index in [2.05, 4.69) is 4.98 Å². The molecule has 0 bridgehead atoms. The molecule has 0 saturated carbocycles. The molecule has 0 spiro atoms. The number of nitrogens with zero attached hydrogens (tertiary/aromatic N) is 2. The Morgan fingerprint density at radius 3 is 2.56 bits per heavy atom. The molecule has 8 nitrogen and oxygen atoms in total. The molecule has 0 atom stereocenters. The molecular formula is C23H16ClF2N3O5. The van der Waals surface area contributed by atoms with Gasteiger partial charge in [0.05, 0.1) is 41.9 Å². The lowest BCUT2D eigenvalue weighted by atomic mass is 10.1. The number of amides is 2. The predicted molar refractivity (Wildman–Crippen MR) is 119 cm³/mol. The first-order valence-electron chi connectivity index (χ1n) is 9.99. The van der Waals surface area contributed by atoms with Crippen LogP contribution in [0.4, 0.5) is 8.78 Å². The van der Waals surface area contributed by atoms with Gasteiger partial charge in [0.2, 0.25) is 0 Å². The van der Waals surface area contributed by atoms with Crippen LogP contribution < -0.4 is 15.2 Å². The monoisotopic (exact) mass is 487 g/mol. The van der Waals surface area contributed by atoms with Crippen LogP contribution in [-0.4, -0.2) is 47.8 Å². The van der Waals surface area contributed by atoms with Gasteiger partial charge >= 0.3 is 0 Å². The summed E-state index contributed by atoms with van der Waals surface area (Å²) in [6.07, 6.45) is 2.72. The van der Waals surface area contributed by atoms with Crippen molar-refractivity contribution < 1.29 is 32.3 Å². The third kappa shape index (κ3) is 3.65. The number of aromatic nitrogens is 1. The Morgan fingerprint density at radius 1 is 1.12 bits per heavy atom. The lowest BCUT2D eigenvalue weighted by Crippen LogP contribution is -2.58. The largest absolute Gasteiger partial charge is 0.496 e. The molecule has 1 aliphatic heterocycles. The number of hydrogen-bond donors (Lipinski definition) is 1. The molecule has 2 aromatic carbocycles. The minimum atomic E-state index is -2.88. The van der Waals surface area contributed by atoms with Crippen molar-refractivity contribution in [2.45, 2.75) is 5.92 Å². The van der Waals surface area contributed by atoms with Crippen LogP contribution >= 0.6 is 11.6 Å². The Balaban J connectivity index is 1.51. The molecule has 3 heterocycles. The average Bonchev–Trinajstić information content (AvgIpc) is 3.18. The number of alkyl halides is 2. The molecular weight excluding hydrogens is 472 g/mol. The number of hydrogen-bond acceptors (Lipinski definition) is 6. The Morgan fingerprint density at radius 2 is 1.88 bits per heavy atom. The maximum atomic E-state index is 13.2. The number of rotatable bonds is 5. The first-order valence-corrected chi connectivity index (χ1v) is 10.4. The highest BCUT2D eigenvalue weighted by Gasteiger charge is 2.46. The molecule has 0 aliphatic carbocycles. The summed E-state index contributed by atoms with van der Waals surface area (Å²) in [5.74, 6) is -3.30. The molecule has 2 aromatic heterocycles. The van der Waals surface area contributed by atoms with Gasteiger partial charge in [-0.3, -0.25) is 14.6 Å². The van der Waals surface area contributed by atoms with Crippen LogP contribution in [-0.2, 0) is 0 Å². The number of primary amides is 1. The van der Waals surface area contributed by atoms with Crippen molar-refractivity contribution in [2.24, 2.45) is 5.73 Å². The molecule has 0 radical (unpaired) electrons. The normalized spacial score (nSPS) is 14.8. The van der Waals surface area contributed by atoms with Crippen molar-refractivity contribution >= 4 is 45.3 Å². The topological polar surface area (TPSA) is 108 Å². The Hall–Kier alpha value is -3.92. The van der Waals surface area contributed by atoms with Crippen LogP contribution in [0.2, 0.25) is 5.02 Å². The highest BCUT2D eigenvalue weighted by molar-refractivity contribution is 6.33. The van der Waals surface area contributed by atoms with E-state index in [0.29, 0.717) is 22.0 Å². The zero-order chi connectivity index (χ0) is 24.2. The Bertz CT molecular complexity index is 1480. The van der Waals surface area contributed by atoms with Crippen LogP contribution in [0.1, 0.15) is 20.7 Å². The van der Waals surface area contributed by atoms with Crippen molar-refractivity contribution in [2.75, 3.05) is 20.2 Å². The number of fused-ring (bicyclic) bond motifs is 2. The highest BCUT2D eigenvalue weighted by atomic mass is 35.5. The lowest BCUT2D eigenvalue weighted by Gasteiger charge is -2.38. The standard InChI is InChI=1S/C23H16ClF2N3O5/c1-32-18-6-16-12(4-13(18)21(27)30)17(2-3-28-16)34-20-7-19-11(5-15(20)24)14(8-33-19)22(31)29-9-23(25,26)10-29/h2-8H,9-10H2,1H3,(H2,27,30). The van der Waals surface area contributed by atoms with Crippen LogP contribution in [0.25, 0.3) is 21.9 Å². The van der Waals surface area contributed by atoms with Crippen LogP contribution in [0, 0.1) is 0 Å². The van der Waals surface area contributed by atoms with E-state index in [1.807, 2.05) is 0 Å². The van der Waals surface area contributed by atoms with Gasteiger partial charge in [0, 0.05) is 29.1 Å². The summed E-state index contributed by atoms with van der Waals surface area (Å²) >= 11 is 6.42. The minimum Gasteiger partial charge on any atom is -0.496 e. The summed E-state index contributed by atoms with van der Waals surface area (Å²) in [6, 6.07) is 7.63. The second kappa shape index (κ2) is 7.84. The molecule has 1 fully saturated rings. The minimum absolute atomic E-state index is 0.131. The van der Waals surface area contributed by atoms with E-state index in [1.165, 1.54) is 37.8 Å². The highest BCUT2D eigenvalue weighted by Crippen LogP contribution is 2.39. The predicted octanol–water partition coefficient (Wildman–Crippen LogP) is 4.63. The first-order chi connectivity index (χ1) is 16.2. The van der Waals surface area contributed by atoms with Gasteiger partial charge in [-0.2, -0.15) is 0 Å². The molecule has 11 heteroatoms. The van der Waals surface area contributed by atoms with E-state index in [9.17, 15) is 18.4 Å². The maximum absolute atomic E-state index is 13.2. The lowest BCUT2D eigenvalue weighted by molar-refractivity contribution is -0.113. The van der Waals surface area contributed by atoms with Gasteiger partial charge in [-0.25, -0.2) is 8.78 Å². The summed E-state index contributed by atoms with van der Waals surface area (Å²) in [5.41, 5.74) is 6.52. The number of halogens is 3. The van der Waals surface area contributed by atoms with Crippen LogP contribution in [0.5, 0.6) is 17.2 Å². The second-order valence-corrected chi connectivity index (χ2v) is 8.20. The fourth-order valence-electron chi connectivity index (χ4n) is 3.82. The number of carbonyl (C=O) groups is 2. The van der Waals surface area contributed by atoms with Crippen LogP contribution in [0.3, 0.4) is 0 Å². The number of benzene rings is 2. The van der Waals surface area contributed by atoms with E-state index in [-0.39, 0.29) is 33.2 Å². The molecule has 174 valence electrons.